The first-order valence-corrected chi connectivity index (χ1v) is 2.14. The van der Waals surface area contributed by atoms with Crippen LogP contribution in [0.5, 0.6) is 0 Å². The van der Waals surface area contributed by atoms with Gasteiger partial charge >= 0.3 is 5.97 Å². The highest BCUT2D eigenvalue weighted by molar-refractivity contribution is 5.74. The number of carboxylic acid groups (broad SMARTS) is 1. The molecule has 1 aliphatic rings. The molecule has 0 radical (unpaired) electrons. The van der Waals surface area contributed by atoms with Crippen molar-refractivity contribution in [3.63, 3.8) is 0 Å². The Bertz CT molecular complexity index is 132. The lowest BCUT2D eigenvalue weighted by molar-refractivity contribution is -0.140. The Morgan fingerprint density at radius 2 is 2.12 bits per heavy atom. The monoisotopic (exact) mass is 122 g/mol. The van der Waals surface area contributed by atoms with Gasteiger partial charge in [0, 0.05) is 6.42 Å². The molecular weight excluding hydrogens is 118 g/mol. The average Bonchev–Trinajstić information content (AvgIpc) is 2.13. The summed E-state index contributed by atoms with van der Waals surface area (Å²) in [6.07, 6.45) is -0.484. The molecule has 0 heterocycles. The lowest BCUT2D eigenvalue weighted by Crippen LogP contribution is -2.04. The highest BCUT2D eigenvalue weighted by Gasteiger charge is 2.61. The molecule has 0 bridgehead atoms. The molecule has 1 N–H and O–H groups in total. The van der Waals surface area contributed by atoms with Crippen molar-refractivity contribution in [1.29, 1.82) is 0 Å². The molecule has 1 fully saturated rings. The summed E-state index contributed by atoms with van der Waals surface area (Å²) >= 11 is 0. The van der Waals surface area contributed by atoms with E-state index in [0.717, 1.165) is 0 Å². The van der Waals surface area contributed by atoms with Gasteiger partial charge in [-0.1, -0.05) is 0 Å². The van der Waals surface area contributed by atoms with Crippen LogP contribution in [0, 0.1) is 5.92 Å². The van der Waals surface area contributed by atoms with Gasteiger partial charge in [0.15, 0.2) is 0 Å². The van der Waals surface area contributed by atoms with Crippen LogP contribution in [0.15, 0.2) is 0 Å². The molecule has 0 saturated heterocycles. The van der Waals surface area contributed by atoms with Gasteiger partial charge in [-0.2, -0.15) is 0 Å². The second-order valence-electron chi connectivity index (χ2n) is 1.86. The molecule has 1 unspecified atom stereocenters. The third-order valence-corrected chi connectivity index (χ3v) is 1.12. The first-order valence-electron chi connectivity index (χ1n) is 2.14. The molecule has 0 spiro atoms. The fourth-order valence-electron chi connectivity index (χ4n) is 0.481. The molecule has 0 aromatic rings. The molecule has 4 heteroatoms. The van der Waals surface area contributed by atoms with Crippen molar-refractivity contribution >= 4 is 5.97 Å². The third-order valence-electron chi connectivity index (χ3n) is 1.12. The molecule has 1 saturated carbocycles. The van der Waals surface area contributed by atoms with Crippen LogP contribution < -0.4 is 0 Å². The number of carbonyl (C=O) groups is 1. The van der Waals surface area contributed by atoms with Crippen LogP contribution in [-0.4, -0.2) is 17.0 Å². The van der Waals surface area contributed by atoms with Gasteiger partial charge in [0.2, 0.25) is 0 Å². The van der Waals surface area contributed by atoms with Gasteiger partial charge in [-0.3, -0.25) is 4.79 Å². The van der Waals surface area contributed by atoms with Crippen LogP contribution in [0.25, 0.3) is 0 Å². The fourth-order valence-corrected chi connectivity index (χ4v) is 0.481. The lowest BCUT2D eigenvalue weighted by atomic mass is 10.4. The summed E-state index contributed by atoms with van der Waals surface area (Å²) in [5.74, 6) is -5.70. The predicted octanol–water partition coefficient (Wildman–Crippen LogP) is 0.726. The Kier molecular flexibility index (Phi) is 0.808. The molecule has 0 aliphatic heterocycles. The van der Waals surface area contributed by atoms with Crippen molar-refractivity contribution < 1.29 is 18.7 Å². The van der Waals surface area contributed by atoms with Gasteiger partial charge < -0.3 is 5.11 Å². The molecule has 0 aromatic heterocycles. The maximum absolute atomic E-state index is 11.7. The van der Waals surface area contributed by atoms with Crippen LogP contribution in [0.1, 0.15) is 6.42 Å². The van der Waals surface area contributed by atoms with E-state index in [1.807, 2.05) is 0 Å². The van der Waals surface area contributed by atoms with E-state index in [4.69, 9.17) is 5.11 Å². The molecule has 0 amide bonds. The molecule has 8 heavy (non-hydrogen) atoms. The Labute approximate surface area is 44.1 Å². The Balaban J connectivity index is 2.48. The van der Waals surface area contributed by atoms with Gasteiger partial charge in [-0.25, -0.2) is 8.78 Å². The van der Waals surface area contributed by atoms with Crippen molar-refractivity contribution in [3.05, 3.63) is 0 Å². The van der Waals surface area contributed by atoms with E-state index in [9.17, 15) is 13.6 Å². The van der Waals surface area contributed by atoms with Crippen LogP contribution >= 0.6 is 0 Å². The average molecular weight is 122 g/mol. The zero-order valence-electron chi connectivity index (χ0n) is 3.90. The quantitative estimate of drug-likeness (QED) is 0.556. The summed E-state index contributed by atoms with van der Waals surface area (Å²) in [5.41, 5.74) is 0. The van der Waals surface area contributed by atoms with E-state index >= 15 is 0 Å². The summed E-state index contributed by atoms with van der Waals surface area (Å²) in [5, 5.41) is 7.91. The summed E-state index contributed by atoms with van der Waals surface area (Å²) < 4.78 is 23.3. The normalized spacial score (nSPS) is 32.0. The second-order valence-corrected chi connectivity index (χ2v) is 1.86. The SMILES string of the molecule is O=C(O)C1CC1(F)F. The van der Waals surface area contributed by atoms with Crippen molar-refractivity contribution in [2.45, 2.75) is 12.3 Å². The third kappa shape index (κ3) is 0.657. The summed E-state index contributed by atoms with van der Waals surface area (Å²) in [6, 6.07) is 0. The van der Waals surface area contributed by atoms with Gasteiger partial charge in [-0.15, -0.1) is 0 Å². The highest BCUT2D eigenvalue weighted by Crippen LogP contribution is 2.48. The lowest BCUT2D eigenvalue weighted by Gasteiger charge is -1.86. The molecule has 2 nitrogen and oxygen atoms in total. The Morgan fingerprint density at radius 3 is 2.12 bits per heavy atom. The van der Waals surface area contributed by atoms with E-state index in [0.29, 0.717) is 0 Å². The number of alkyl halides is 2. The summed E-state index contributed by atoms with van der Waals surface area (Å²) in [6.45, 7) is 0. The Morgan fingerprint density at radius 1 is 1.75 bits per heavy atom. The van der Waals surface area contributed by atoms with E-state index in [1.54, 1.807) is 0 Å². The van der Waals surface area contributed by atoms with Crippen molar-refractivity contribution in [2.24, 2.45) is 5.92 Å². The molecule has 1 aliphatic carbocycles. The molecular formula is C4H4F2O2. The minimum atomic E-state index is -2.91. The van der Waals surface area contributed by atoms with E-state index in [2.05, 4.69) is 0 Å². The van der Waals surface area contributed by atoms with Crippen molar-refractivity contribution in [3.8, 4) is 0 Å². The fraction of sp³-hybridized carbons (Fsp3) is 0.750. The predicted molar refractivity (Wildman–Crippen MR) is 20.7 cm³/mol. The maximum atomic E-state index is 11.7. The smallest absolute Gasteiger partial charge is 0.312 e. The topological polar surface area (TPSA) is 37.3 Å². The van der Waals surface area contributed by atoms with E-state index in [-0.39, 0.29) is 0 Å². The van der Waals surface area contributed by atoms with Gasteiger partial charge in [-0.05, 0) is 0 Å². The number of aliphatic carboxylic acids is 1. The van der Waals surface area contributed by atoms with Gasteiger partial charge in [0.1, 0.15) is 5.92 Å². The first kappa shape index (κ1) is 5.47. The second kappa shape index (κ2) is 1.18. The minimum Gasteiger partial charge on any atom is -0.481 e. The number of carboxylic acids is 1. The van der Waals surface area contributed by atoms with Crippen LogP contribution in [0.2, 0.25) is 0 Å². The van der Waals surface area contributed by atoms with Crippen LogP contribution in [0.3, 0.4) is 0 Å². The number of hydrogen-bond acceptors (Lipinski definition) is 1. The first-order chi connectivity index (χ1) is 3.54. The zero-order valence-corrected chi connectivity index (χ0v) is 3.90. The van der Waals surface area contributed by atoms with Crippen LogP contribution in [-0.2, 0) is 4.79 Å². The summed E-state index contributed by atoms with van der Waals surface area (Å²) in [7, 11) is 0. The number of halogens is 2. The molecule has 1 rings (SSSR count). The zero-order chi connectivity index (χ0) is 6.36. The van der Waals surface area contributed by atoms with E-state index in [1.165, 1.54) is 0 Å². The molecule has 0 aromatic carbocycles. The standard InChI is InChI=1S/C4H4F2O2/c5-4(6)1-2(4)3(7)8/h2H,1H2,(H,7,8). The highest BCUT2D eigenvalue weighted by atomic mass is 19.3. The molecule has 46 valence electrons. The largest absolute Gasteiger partial charge is 0.481 e. The Hall–Kier alpha value is -0.670. The number of rotatable bonds is 1. The maximum Gasteiger partial charge on any atom is 0.312 e. The minimum absolute atomic E-state index is 0.484. The number of hydrogen-bond donors (Lipinski definition) is 1. The van der Waals surface area contributed by atoms with Crippen molar-refractivity contribution in [1.82, 2.24) is 0 Å². The van der Waals surface area contributed by atoms with Crippen LogP contribution in [0.4, 0.5) is 8.78 Å². The van der Waals surface area contributed by atoms with Gasteiger partial charge in [0.05, 0.1) is 0 Å². The van der Waals surface area contributed by atoms with Crippen molar-refractivity contribution in [2.75, 3.05) is 0 Å². The molecule has 1 atom stereocenters. The van der Waals surface area contributed by atoms with Gasteiger partial charge in [0.25, 0.3) is 5.92 Å². The summed E-state index contributed by atoms with van der Waals surface area (Å²) in [4.78, 5) is 9.70. The van der Waals surface area contributed by atoms with E-state index < -0.39 is 24.2 Å².